The molecule has 0 saturated heterocycles. The molecule has 0 aliphatic carbocycles. The zero-order valence-electron chi connectivity index (χ0n) is 32.7. The van der Waals surface area contributed by atoms with Crippen LogP contribution in [0.1, 0.15) is 83.1 Å². The summed E-state index contributed by atoms with van der Waals surface area (Å²) in [6.45, 7) is 5.44. The summed E-state index contributed by atoms with van der Waals surface area (Å²) in [5, 5.41) is 0. The van der Waals surface area contributed by atoms with Gasteiger partial charge in [-0.1, -0.05) is 61.9 Å². The first kappa shape index (κ1) is 40.6. The standard InChI is InChI=1S/C47H32F6N2O6/c1-25-5-17-33(39(21-25)46(48,49)50)34-18-10-28(22-40(34)47(51,52)53)55-43(58)36-20-16-32(24-38(36)44(55)59)61-30-13-8-27(9-14-30)45(2,3)26-6-11-29(12-7-26)60-31-15-19-35-37(23-31)42(57)54(4)41(35)56/h5-24H,1-4H3. The van der Waals surface area contributed by atoms with Gasteiger partial charge in [-0.2, -0.15) is 26.3 Å². The maximum atomic E-state index is 14.4. The second-order valence-corrected chi connectivity index (χ2v) is 15.2. The molecule has 4 amide bonds. The number of rotatable bonds is 8. The number of amides is 4. The highest BCUT2D eigenvalue weighted by Gasteiger charge is 2.42. The predicted octanol–water partition coefficient (Wildman–Crippen LogP) is 11.6. The van der Waals surface area contributed by atoms with E-state index >= 15 is 0 Å². The molecule has 308 valence electrons. The first-order chi connectivity index (χ1) is 28.7. The zero-order valence-corrected chi connectivity index (χ0v) is 32.7. The predicted molar refractivity (Wildman–Crippen MR) is 212 cm³/mol. The van der Waals surface area contributed by atoms with Crippen molar-refractivity contribution in [3.63, 3.8) is 0 Å². The summed E-state index contributed by atoms with van der Waals surface area (Å²) in [6, 6.07) is 28.7. The molecule has 0 spiro atoms. The van der Waals surface area contributed by atoms with Crippen molar-refractivity contribution in [3.8, 4) is 34.1 Å². The van der Waals surface area contributed by atoms with Crippen LogP contribution in [0.4, 0.5) is 32.0 Å². The van der Waals surface area contributed by atoms with Crippen LogP contribution in [0.3, 0.4) is 0 Å². The van der Waals surface area contributed by atoms with Crippen molar-refractivity contribution in [3.05, 3.63) is 171 Å². The van der Waals surface area contributed by atoms with Gasteiger partial charge in [0.05, 0.1) is 39.1 Å². The maximum absolute atomic E-state index is 14.4. The van der Waals surface area contributed by atoms with Gasteiger partial charge in [-0.25, -0.2) is 4.90 Å². The van der Waals surface area contributed by atoms with Crippen molar-refractivity contribution in [1.82, 2.24) is 4.90 Å². The van der Waals surface area contributed by atoms with Gasteiger partial charge in [0, 0.05) is 12.5 Å². The highest BCUT2D eigenvalue weighted by Crippen LogP contribution is 2.45. The number of carbonyl (C=O) groups is 4. The number of benzene rings is 6. The molecule has 2 aliphatic heterocycles. The van der Waals surface area contributed by atoms with Gasteiger partial charge in [0.25, 0.3) is 23.6 Å². The minimum Gasteiger partial charge on any atom is -0.457 e. The Bertz CT molecular complexity index is 2810. The molecular weight excluding hydrogens is 803 g/mol. The van der Waals surface area contributed by atoms with Crippen molar-refractivity contribution in [2.75, 3.05) is 11.9 Å². The highest BCUT2D eigenvalue weighted by molar-refractivity contribution is 6.34. The van der Waals surface area contributed by atoms with Crippen LogP contribution in [0.5, 0.6) is 23.0 Å². The minimum absolute atomic E-state index is 0.0897. The van der Waals surface area contributed by atoms with Crippen molar-refractivity contribution in [1.29, 1.82) is 0 Å². The van der Waals surface area contributed by atoms with Crippen molar-refractivity contribution >= 4 is 29.3 Å². The van der Waals surface area contributed by atoms with E-state index in [1.807, 2.05) is 38.1 Å². The summed E-state index contributed by atoms with van der Waals surface area (Å²) in [5.74, 6) is -1.11. The van der Waals surface area contributed by atoms with Crippen molar-refractivity contribution in [2.24, 2.45) is 0 Å². The number of nitrogens with zero attached hydrogens (tertiary/aromatic N) is 2. The number of anilines is 1. The third-order valence-electron chi connectivity index (χ3n) is 10.9. The van der Waals surface area contributed by atoms with E-state index in [2.05, 4.69) is 0 Å². The van der Waals surface area contributed by atoms with Crippen LogP contribution < -0.4 is 14.4 Å². The van der Waals surface area contributed by atoms with E-state index in [1.165, 1.54) is 38.2 Å². The number of imide groups is 2. The SMILES string of the molecule is Cc1ccc(-c2ccc(N3C(=O)c4ccc(Oc5ccc(C(C)(C)c6ccc(Oc7ccc8c(c7)C(=O)N(C)C8=O)cc6)cc5)cc4C3=O)cc2C(F)(F)F)c(C(F)(F)F)c1. The second-order valence-electron chi connectivity index (χ2n) is 15.2. The van der Waals surface area contributed by atoms with Gasteiger partial charge in [0.1, 0.15) is 23.0 Å². The lowest BCUT2D eigenvalue weighted by Crippen LogP contribution is -2.29. The number of alkyl halides is 6. The number of aryl methyl sites for hydroxylation is 1. The summed E-state index contributed by atoms with van der Waals surface area (Å²) >= 11 is 0. The normalized spacial score (nSPS) is 14.1. The van der Waals surface area contributed by atoms with E-state index < -0.39 is 63.4 Å². The number of ether oxygens (including phenoxy) is 2. The number of hydrogen-bond acceptors (Lipinski definition) is 6. The molecule has 2 heterocycles. The third-order valence-corrected chi connectivity index (χ3v) is 10.9. The molecular formula is C47H32F6N2O6. The Balaban J connectivity index is 0.978. The first-order valence-corrected chi connectivity index (χ1v) is 18.7. The molecule has 14 heteroatoms. The Labute approximate surface area is 344 Å². The summed E-state index contributed by atoms with van der Waals surface area (Å²) in [4.78, 5) is 53.3. The summed E-state index contributed by atoms with van der Waals surface area (Å²) < 4.78 is 97.1. The van der Waals surface area contributed by atoms with Crippen LogP contribution in [0.2, 0.25) is 0 Å². The Morgan fingerprint density at radius 3 is 1.34 bits per heavy atom. The number of hydrogen-bond donors (Lipinski definition) is 0. The van der Waals surface area contributed by atoms with Crippen LogP contribution in [0.15, 0.2) is 121 Å². The fraction of sp³-hybridized carbons (Fsp3) is 0.149. The molecule has 0 atom stereocenters. The van der Waals surface area contributed by atoms with Crippen LogP contribution in [0.25, 0.3) is 11.1 Å². The highest BCUT2D eigenvalue weighted by atomic mass is 19.4. The van der Waals surface area contributed by atoms with Crippen molar-refractivity contribution in [2.45, 2.75) is 38.5 Å². The van der Waals surface area contributed by atoms with Gasteiger partial charge in [-0.05, 0) is 108 Å². The van der Waals surface area contributed by atoms with E-state index in [-0.39, 0.29) is 33.9 Å². The lowest BCUT2D eigenvalue weighted by atomic mass is 9.78. The Hall–Kier alpha value is -7.22. The molecule has 6 aromatic rings. The van der Waals surface area contributed by atoms with Gasteiger partial charge in [0.15, 0.2) is 0 Å². The number of fused-ring (bicyclic) bond motifs is 2. The maximum Gasteiger partial charge on any atom is 0.417 e. The van der Waals surface area contributed by atoms with Crippen molar-refractivity contribution < 1.29 is 55.0 Å². The summed E-state index contributed by atoms with van der Waals surface area (Å²) in [5.41, 5.74) is -2.64. The second kappa shape index (κ2) is 14.5. The zero-order chi connectivity index (χ0) is 43.8. The molecule has 0 N–H and O–H groups in total. The van der Waals surface area contributed by atoms with Gasteiger partial charge in [0.2, 0.25) is 0 Å². The average Bonchev–Trinajstić information content (AvgIpc) is 3.59. The molecule has 6 aromatic carbocycles. The fourth-order valence-electron chi connectivity index (χ4n) is 7.51. The van der Waals surface area contributed by atoms with Gasteiger partial charge < -0.3 is 9.47 Å². The van der Waals surface area contributed by atoms with Crippen LogP contribution in [-0.4, -0.2) is 35.6 Å². The molecule has 8 rings (SSSR count). The first-order valence-electron chi connectivity index (χ1n) is 18.7. The lowest BCUT2D eigenvalue weighted by Gasteiger charge is -2.26. The summed E-state index contributed by atoms with van der Waals surface area (Å²) in [6.07, 6.45) is -10.1. The van der Waals surface area contributed by atoms with Crippen LogP contribution >= 0.6 is 0 Å². The molecule has 0 unspecified atom stereocenters. The van der Waals surface area contributed by atoms with E-state index in [4.69, 9.17) is 9.47 Å². The van der Waals surface area contributed by atoms with E-state index in [1.54, 1.807) is 42.5 Å². The average molecular weight is 835 g/mol. The van der Waals surface area contributed by atoms with Crippen LogP contribution in [-0.2, 0) is 17.8 Å². The van der Waals surface area contributed by atoms with E-state index in [0.717, 1.165) is 40.3 Å². The van der Waals surface area contributed by atoms with Gasteiger partial charge in [-0.3, -0.25) is 24.1 Å². The lowest BCUT2D eigenvalue weighted by molar-refractivity contribution is -0.139. The topological polar surface area (TPSA) is 93.2 Å². The monoisotopic (exact) mass is 834 g/mol. The largest absolute Gasteiger partial charge is 0.457 e. The molecule has 61 heavy (non-hydrogen) atoms. The van der Waals surface area contributed by atoms with E-state index in [9.17, 15) is 45.5 Å². The fourth-order valence-corrected chi connectivity index (χ4v) is 7.51. The minimum atomic E-state index is -5.14. The molecule has 0 saturated carbocycles. The van der Waals surface area contributed by atoms with Gasteiger partial charge >= 0.3 is 12.4 Å². The van der Waals surface area contributed by atoms with Gasteiger partial charge in [-0.15, -0.1) is 0 Å². The Morgan fingerprint density at radius 2 is 0.836 bits per heavy atom. The number of carbonyl (C=O) groups excluding carboxylic acids is 4. The molecule has 2 aliphatic rings. The smallest absolute Gasteiger partial charge is 0.417 e. The molecule has 0 bridgehead atoms. The Kier molecular flexibility index (Phi) is 9.64. The summed E-state index contributed by atoms with van der Waals surface area (Å²) in [7, 11) is 1.43. The molecule has 0 aromatic heterocycles. The molecule has 0 radical (unpaired) electrons. The molecule has 8 nitrogen and oxygen atoms in total. The third kappa shape index (κ3) is 7.27. The Morgan fingerprint density at radius 1 is 0.443 bits per heavy atom. The molecule has 0 fully saturated rings. The van der Waals surface area contributed by atoms with E-state index in [0.29, 0.717) is 33.8 Å². The quantitative estimate of drug-likeness (QED) is 0.112. The number of halogens is 6. The van der Waals surface area contributed by atoms with Crippen LogP contribution in [0, 0.1) is 6.92 Å².